The average molecular weight is 609 g/mol. The zero-order chi connectivity index (χ0) is 30.2. The van der Waals surface area contributed by atoms with E-state index in [0.29, 0.717) is 42.6 Å². The first-order chi connectivity index (χ1) is 19.4. The van der Waals surface area contributed by atoms with Crippen LogP contribution in [0.4, 0.5) is 17.1 Å². The van der Waals surface area contributed by atoms with Crippen molar-refractivity contribution in [2.45, 2.75) is 23.9 Å². The molecule has 0 radical (unpaired) electrons. The third-order valence-corrected chi connectivity index (χ3v) is 8.24. The highest BCUT2D eigenvalue weighted by atomic mass is 35.5. The van der Waals surface area contributed by atoms with Gasteiger partial charge in [-0.1, -0.05) is 18.7 Å². The van der Waals surface area contributed by atoms with Gasteiger partial charge in [0.1, 0.15) is 31.0 Å². The number of alkyl halides is 1. The molecule has 1 amide bonds. The van der Waals surface area contributed by atoms with E-state index in [2.05, 4.69) is 33.2 Å². The predicted octanol–water partition coefficient (Wildman–Crippen LogP) is 2.96. The lowest BCUT2D eigenvalue weighted by molar-refractivity contribution is -0.111. The fourth-order valence-corrected chi connectivity index (χ4v) is 5.81. The zero-order valence-electron chi connectivity index (χ0n) is 24.5. The van der Waals surface area contributed by atoms with Crippen LogP contribution in [0.5, 0.6) is 11.5 Å². The Morgan fingerprint density at radius 1 is 1.17 bits per heavy atom. The molecule has 4 atom stereocenters. The van der Waals surface area contributed by atoms with Crippen molar-refractivity contribution in [1.29, 1.82) is 0 Å². The fraction of sp³-hybridized carbons (Fsp3) is 0.464. The van der Waals surface area contributed by atoms with Crippen LogP contribution in [-0.2, 0) is 14.1 Å². The number of carbonyl (C=O) groups excluding carboxylic acids is 1. The number of para-hydroxylation sites is 1. The summed E-state index contributed by atoms with van der Waals surface area (Å²) in [5.41, 5.74) is 1.80. The van der Waals surface area contributed by atoms with Crippen LogP contribution in [0, 0.1) is 0 Å². The van der Waals surface area contributed by atoms with Gasteiger partial charge in [0, 0.05) is 37.3 Å². The lowest BCUT2D eigenvalue weighted by Crippen LogP contribution is -2.64. The number of amides is 1. The largest absolute Gasteiger partial charge is 0.494 e. The van der Waals surface area contributed by atoms with Crippen LogP contribution < -0.4 is 41.4 Å². The maximum atomic E-state index is 12.9. The standard InChI is InChI=1S/C28H42ClN6O5P/c1-8-26(36)31-22-13-21(23(39-5)14-24(22)40-18(17-38-4)16-35(2)3)33-28-30-15-19(29)27(34-28)32-20-11-9-10-12-25(20)41(6,7)37/h8-14,18-19,27-28,30,32-34H,1,15-17H2,2-7H3,(H,31,36). The Kier molecular flexibility index (Phi) is 11.9. The average Bonchev–Trinajstić information content (AvgIpc) is 2.91. The number of hydrogen-bond acceptors (Lipinski definition) is 10. The van der Waals surface area contributed by atoms with Gasteiger partial charge in [-0.05, 0) is 51.7 Å². The molecule has 11 nitrogen and oxygen atoms in total. The summed E-state index contributed by atoms with van der Waals surface area (Å²) >= 11 is 6.66. The molecule has 2 aromatic carbocycles. The Balaban J connectivity index is 1.87. The Bertz CT molecular complexity index is 1240. The third-order valence-electron chi connectivity index (χ3n) is 6.28. The van der Waals surface area contributed by atoms with Gasteiger partial charge >= 0.3 is 0 Å². The monoisotopic (exact) mass is 608 g/mol. The van der Waals surface area contributed by atoms with Gasteiger partial charge in [-0.2, -0.15) is 0 Å². The van der Waals surface area contributed by atoms with Crippen molar-refractivity contribution in [1.82, 2.24) is 15.5 Å². The minimum Gasteiger partial charge on any atom is -0.494 e. The summed E-state index contributed by atoms with van der Waals surface area (Å²) in [6.45, 7) is 8.48. The second kappa shape index (κ2) is 14.9. The highest BCUT2D eigenvalue weighted by molar-refractivity contribution is 7.70. The quantitative estimate of drug-likeness (QED) is 0.124. The number of rotatable bonds is 14. The van der Waals surface area contributed by atoms with Crippen molar-refractivity contribution in [3.63, 3.8) is 0 Å². The minimum atomic E-state index is -2.52. The van der Waals surface area contributed by atoms with Crippen LogP contribution in [0.2, 0.25) is 0 Å². The molecule has 0 bridgehead atoms. The van der Waals surface area contributed by atoms with E-state index in [1.54, 1.807) is 39.7 Å². The van der Waals surface area contributed by atoms with Crippen LogP contribution >= 0.6 is 18.7 Å². The summed E-state index contributed by atoms with van der Waals surface area (Å²) in [6, 6.07) is 11.0. The van der Waals surface area contributed by atoms with Gasteiger partial charge in [-0.25, -0.2) is 0 Å². The maximum absolute atomic E-state index is 12.9. The van der Waals surface area contributed by atoms with Crippen molar-refractivity contribution in [3.8, 4) is 11.5 Å². The highest BCUT2D eigenvalue weighted by Crippen LogP contribution is 2.39. The smallest absolute Gasteiger partial charge is 0.247 e. The van der Waals surface area contributed by atoms with Gasteiger partial charge in [0.25, 0.3) is 0 Å². The molecule has 0 saturated carbocycles. The van der Waals surface area contributed by atoms with Crippen molar-refractivity contribution in [3.05, 3.63) is 49.1 Å². The van der Waals surface area contributed by atoms with Gasteiger partial charge in [-0.15, -0.1) is 11.6 Å². The highest BCUT2D eigenvalue weighted by Gasteiger charge is 2.30. The molecule has 1 saturated heterocycles. The van der Waals surface area contributed by atoms with Gasteiger partial charge < -0.3 is 39.6 Å². The van der Waals surface area contributed by atoms with E-state index >= 15 is 0 Å². The molecule has 5 N–H and O–H groups in total. The fourth-order valence-electron chi connectivity index (χ4n) is 4.42. The van der Waals surface area contributed by atoms with Gasteiger partial charge in [-0.3, -0.25) is 15.4 Å². The number of nitrogens with one attached hydrogen (secondary N) is 5. The molecule has 226 valence electrons. The molecule has 1 heterocycles. The summed E-state index contributed by atoms with van der Waals surface area (Å²) in [5, 5.41) is 16.8. The van der Waals surface area contributed by atoms with Crippen LogP contribution in [0.25, 0.3) is 0 Å². The van der Waals surface area contributed by atoms with Crippen LogP contribution in [-0.4, -0.2) is 96.1 Å². The third kappa shape index (κ3) is 9.36. The van der Waals surface area contributed by atoms with Crippen LogP contribution in [0.1, 0.15) is 0 Å². The predicted molar refractivity (Wildman–Crippen MR) is 168 cm³/mol. The molecule has 0 aliphatic carbocycles. The SMILES string of the molecule is C=CC(=O)Nc1cc(NC2NCC(Cl)C(Nc3ccccc3P(C)(C)=O)N2)c(OC)cc1OC(COC)CN(C)C. The zero-order valence-corrected chi connectivity index (χ0v) is 26.1. The van der Waals surface area contributed by atoms with Crippen LogP contribution in [0.15, 0.2) is 49.1 Å². The van der Waals surface area contributed by atoms with E-state index < -0.39 is 13.4 Å². The molecular weight excluding hydrogens is 567 g/mol. The molecule has 0 spiro atoms. The first-order valence-electron chi connectivity index (χ1n) is 13.2. The van der Waals surface area contributed by atoms with E-state index in [1.807, 2.05) is 43.3 Å². The Hall–Kier alpha value is -2.79. The van der Waals surface area contributed by atoms with E-state index in [1.165, 1.54) is 6.08 Å². The number of anilines is 3. The van der Waals surface area contributed by atoms with E-state index in [4.69, 9.17) is 25.8 Å². The molecule has 2 aromatic rings. The number of likely N-dealkylation sites (N-methyl/N-ethyl adjacent to an activating group) is 1. The maximum Gasteiger partial charge on any atom is 0.247 e. The summed E-state index contributed by atoms with van der Waals surface area (Å²) < 4.78 is 30.2. The molecule has 13 heteroatoms. The molecule has 3 rings (SSSR count). The second-order valence-corrected chi connectivity index (χ2v) is 14.1. The number of benzene rings is 2. The number of ether oxygens (including phenoxy) is 3. The van der Waals surface area contributed by atoms with E-state index in [-0.39, 0.29) is 23.6 Å². The Morgan fingerprint density at radius 3 is 2.54 bits per heavy atom. The molecule has 1 aliphatic rings. The molecule has 1 fully saturated rings. The molecule has 4 unspecified atom stereocenters. The number of carbonyl (C=O) groups is 1. The number of nitrogens with zero attached hydrogens (tertiary/aromatic N) is 1. The van der Waals surface area contributed by atoms with E-state index in [9.17, 15) is 9.36 Å². The van der Waals surface area contributed by atoms with Crippen molar-refractivity contribution in [2.75, 3.05) is 77.3 Å². The molecule has 0 aromatic heterocycles. The molecule has 41 heavy (non-hydrogen) atoms. The lowest BCUT2D eigenvalue weighted by Gasteiger charge is -2.37. The van der Waals surface area contributed by atoms with Crippen molar-refractivity contribution in [2.24, 2.45) is 0 Å². The van der Waals surface area contributed by atoms with Gasteiger partial charge in [0.05, 0.1) is 36.6 Å². The molecular formula is C28H42ClN6O5P. The number of hydrogen-bond donors (Lipinski definition) is 5. The van der Waals surface area contributed by atoms with Crippen molar-refractivity contribution < 1.29 is 23.6 Å². The molecule has 1 aliphatic heterocycles. The Labute approximate surface area is 247 Å². The van der Waals surface area contributed by atoms with Gasteiger partial charge in [0.15, 0.2) is 0 Å². The first-order valence-corrected chi connectivity index (χ1v) is 16.3. The van der Waals surface area contributed by atoms with Crippen molar-refractivity contribution >= 4 is 47.0 Å². The summed E-state index contributed by atoms with van der Waals surface area (Å²) in [6.07, 6.45) is 0.121. The second-order valence-electron chi connectivity index (χ2n) is 10.4. The summed E-state index contributed by atoms with van der Waals surface area (Å²) in [5.74, 6) is 0.548. The normalized spacial score (nSPS) is 19.8. The summed E-state index contributed by atoms with van der Waals surface area (Å²) in [7, 11) is 4.54. The summed E-state index contributed by atoms with van der Waals surface area (Å²) in [4.78, 5) is 14.3. The minimum absolute atomic E-state index is 0.295. The first kappa shape index (κ1) is 32.7. The van der Waals surface area contributed by atoms with E-state index in [0.717, 1.165) is 11.0 Å². The lowest BCUT2D eigenvalue weighted by atomic mass is 10.2. The topological polar surface area (TPSA) is 125 Å². The Morgan fingerprint density at radius 2 is 1.90 bits per heavy atom. The van der Waals surface area contributed by atoms with Crippen LogP contribution in [0.3, 0.4) is 0 Å². The number of methoxy groups -OCH3 is 2. The van der Waals surface area contributed by atoms with Gasteiger partial charge in [0.2, 0.25) is 5.91 Å². The number of halogens is 1.